The molecule has 0 unspecified atom stereocenters. The van der Waals surface area contributed by atoms with Crippen LogP contribution in [0.2, 0.25) is 5.02 Å². The third-order valence-corrected chi connectivity index (χ3v) is 4.22. The molecule has 1 amide bonds. The normalized spacial score (nSPS) is 12.9. The van der Waals surface area contributed by atoms with Crippen LogP contribution >= 0.6 is 11.6 Å². The molecule has 4 heteroatoms. The van der Waals surface area contributed by atoms with E-state index in [4.69, 9.17) is 11.6 Å². The fourth-order valence-electron chi connectivity index (χ4n) is 2.73. The van der Waals surface area contributed by atoms with Gasteiger partial charge in [0.2, 0.25) is 5.91 Å². The lowest BCUT2D eigenvalue weighted by molar-refractivity contribution is -0.116. The molecule has 0 radical (unpaired) electrons. The van der Waals surface area contributed by atoms with Crippen molar-refractivity contribution in [3.8, 4) is 0 Å². The zero-order valence-electron chi connectivity index (χ0n) is 13.0. The summed E-state index contributed by atoms with van der Waals surface area (Å²) < 4.78 is 0. The van der Waals surface area contributed by atoms with Crippen LogP contribution in [0.5, 0.6) is 0 Å². The monoisotopic (exact) mass is 325 g/mol. The number of carbonyl (C=O) groups is 2. The van der Waals surface area contributed by atoms with E-state index in [-0.39, 0.29) is 11.7 Å². The highest BCUT2D eigenvalue weighted by Crippen LogP contribution is 2.31. The first-order valence-corrected chi connectivity index (χ1v) is 7.73. The fraction of sp³-hybridized carbons (Fsp3) is 0.158. The smallest absolute Gasteiger partial charge is 0.224 e. The quantitative estimate of drug-likeness (QED) is 0.720. The summed E-state index contributed by atoms with van der Waals surface area (Å²) in [6.07, 6.45) is 3.90. The summed E-state index contributed by atoms with van der Waals surface area (Å²) in [6, 6.07) is 11.1. The van der Waals surface area contributed by atoms with Gasteiger partial charge in [0.25, 0.3) is 0 Å². The van der Waals surface area contributed by atoms with Crippen molar-refractivity contribution >= 4 is 41.1 Å². The zero-order chi connectivity index (χ0) is 16.6. The van der Waals surface area contributed by atoms with Gasteiger partial charge in [0.05, 0.1) is 12.2 Å². The van der Waals surface area contributed by atoms with Crippen molar-refractivity contribution in [2.24, 2.45) is 0 Å². The lowest BCUT2D eigenvalue weighted by atomic mass is 9.98. The Hall–Kier alpha value is -2.39. The minimum Gasteiger partial charge on any atom is -0.308 e. The standard InChI is InChI=1S/C19H16ClNO2/c1-12(22)14-3-6-17-11-21(13(2)23)19-8-7-18(20)10-16(19)5-4-15(17)9-14/h3-10H,11H2,1-2H3. The van der Waals surface area contributed by atoms with E-state index in [0.717, 1.165) is 22.4 Å². The van der Waals surface area contributed by atoms with Gasteiger partial charge < -0.3 is 4.90 Å². The first-order valence-electron chi connectivity index (χ1n) is 7.35. The molecule has 23 heavy (non-hydrogen) atoms. The SMILES string of the molecule is CC(=O)c1ccc2c(c1)C=Cc1cc(Cl)ccc1N(C(C)=O)C2. The van der Waals surface area contributed by atoms with Crippen molar-refractivity contribution in [1.82, 2.24) is 0 Å². The third kappa shape index (κ3) is 3.06. The molecule has 1 heterocycles. The van der Waals surface area contributed by atoms with Crippen LogP contribution in [0.3, 0.4) is 0 Å². The summed E-state index contributed by atoms with van der Waals surface area (Å²) in [4.78, 5) is 25.4. The molecule has 0 N–H and O–H groups in total. The van der Waals surface area contributed by atoms with E-state index in [1.807, 2.05) is 36.4 Å². The van der Waals surface area contributed by atoms with Gasteiger partial charge in [0.15, 0.2) is 5.78 Å². The van der Waals surface area contributed by atoms with Gasteiger partial charge in [-0.25, -0.2) is 0 Å². The highest BCUT2D eigenvalue weighted by Gasteiger charge is 2.19. The maximum Gasteiger partial charge on any atom is 0.224 e. The molecule has 0 spiro atoms. The van der Waals surface area contributed by atoms with Gasteiger partial charge in [-0.1, -0.05) is 35.9 Å². The van der Waals surface area contributed by atoms with E-state index in [2.05, 4.69) is 0 Å². The number of hydrogen-bond acceptors (Lipinski definition) is 2. The van der Waals surface area contributed by atoms with Gasteiger partial charge in [-0.15, -0.1) is 0 Å². The minimum absolute atomic E-state index is 0.0233. The lowest BCUT2D eigenvalue weighted by Crippen LogP contribution is -2.29. The molecule has 3 nitrogen and oxygen atoms in total. The molecule has 0 bridgehead atoms. The molecule has 0 aliphatic carbocycles. The molecule has 0 fully saturated rings. The molecule has 0 saturated heterocycles. The Balaban J connectivity index is 2.18. The van der Waals surface area contributed by atoms with E-state index in [9.17, 15) is 9.59 Å². The van der Waals surface area contributed by atoms with Crippen LogP contribution in [0.1, 0.15) is 40.9 Å². The molecule has 3 rings (SSSR count). The number of fused-ring (bicyclic) bond motifs is 2. The summed E-state index contributed by atoms with van der Waals surface area (Å²) in [5.41, 5.74) is 4.32. The molecule has 0 atom stereocenters. The number of rotatable bonds is 1. The van der Waals surface area contributed by atoms with Gasteiger partial charge in [-0.3, -0.25) is 9.59 Å². The van der Waals surface area contributed by atoms with Gasteiger partial charge in [-0.05, 0) is 47.9 Å². The molecule has 116 valence electrons. The number of carbonyl (C=O) groups excluding carboxylic acids is 2. The van der Waals surface area contributed by atoms with Crippen LogP contribution in [0.25, 0.3) is 12.2 Å². The van der Waals surface area contributed by atoms with Crippen LogP contribution in [0.15, 0.2) is 36.4 Å². The highest BCUT2D eigenvalue weighted by molar-refractivity contribution is 6.30. The van der Waals surface area contributed by atoms with E-state index in [0.29, 0.717) is 17.1 Å². The Morgan fingerprint density at radius 1 is 1.00 bits per heavy atom. The number of Topliss-reactive ketones (excluding diaryl/α,β-unsaturated/α-hetero) is 1. The van der Waals surface area contributed by atoms with Crippen molar-refractivity contribution < 1.29 is 9.59 Å². The Bertz CT molecular complexity index is 839. The summed E-state index contributed by atoms with van der Waals surface area (Å²) in [5.74, 6) is -0.0133. The number of anilines is 1. The summed E-state index contributed by atoms with van der Waals surface area (Å²) >= 11 is 6.08. The first-order chi connectivity index (χ1) is 11.0. The average molecular weight is 326 g/mol. The van der Waals surface area contributed by atoms with Crippen LogP contribution in [0.4, 0.5) is 5.69 Å². The molecule has 1 aliphatic heterocycles. The number of halogens is 1. The third-order valence-electron chi connectivity index (χ3n) is 3.98. The van der Waals surface area contributed by atoms with Crippen LogP contribution in [0, 0.1) is 0 Å². The van der Waals surface area contributed by atoms with Crippen molar-refractivity contribution in [2.75, 3.05) is 4.90 Å². The Morgan fingerprint density at radius 3 is 2.43 bits per heavy atom. The predicted molar refractivity (Wildman–Crippen MR) is 93.7 cm³/mol. The molecule has 1 aliphatic rings. The van der Waals surface area contributed by atoms with Crippen molar-refractivity contribution in [2.45, 2.75) is 20.4 Å². The number of amides is 1. The molecule has 0 aromatic heterocycles. The molecular weight excluding hydrogens is 310 g/mol. The second-order valence-corrected chi connectivity index (χ2v) is 6.05. The number of hydrogen-bond donors (Lipinski definition) is 0. The van der Waals surface area contributed by atoms with E-state index < -0.39 is 0 Å². The van der Waals surface area contributed by atoms with E-state index >= 15 is 0 Å². The lowest BCUT2D eigenvalue weighted by Gasteiger charge is -2.26. The first kappa shape index (κ1) is 15.5. The van der Waals surface area contributed by atoms with Gasteiger partial charge in [0, 0.05) is 17.5 Å². The molecular formula is C19H16ClNO2. The number of nitrogens with zero attached hydrogens (tertiary/aromatic N) is 1. The predicted octanol–water partition coefficient (Wildman–Crippen LogP) is 4.58. The molecule has 0 saturated carbocycles. The maximum absolute atomic E-state index is 12.1. The molecule has 2 aromatic rings. The van der Waals surface area contributed by atoms with Gasteiger partial charge in [-0.2, -0.15) is 0 Å². The maximum atomic E-state index is 12.1. The Labute approximate surface area is 140 Å². The van der Waals surface area contributed by atoms with E-state index in [1.54, 1.807) is 30.9 Å². The Morgan fingerprint density at radius 2 is 1.74 bits per heavy atom. The second-order valence-electron chi connectivity index (χ2n) is 5.61. The molecule has 2 aromatic carbocycles. The van der Waals surface area contributed by atoms with Crippen LogP contribution < -0.4 is 4.90 Å². The van der Waals surface area contributed by atoms with Gasteiger partial charge in [0.1, 0.15) is 0 Å². The Kier molecular flexibility index (Phi) is 4.05. The average Bonchev–Trinajstić information content (AvgIpc) is 2.49. The largest absolute Gasteiger partial charge is 0.308 e. The summed E-state index contributed by atoms with van der Waals surface area (Å²) in [6.45, 7) is 3.56. The second kappa shape index (κ2) is 6.01. The highest BCUT2D eigenvalue weighted by atomic mass is 35.5. The zero-order valence-corrected chi connectivity index (χ0v) is 13.7. The van der Waals surface area contributed by atoms with Gasteiger partial charge >= 0.3 is 0 Å². The van der Waals surface area contributed by atoms with Crippen molar-refractivity contribution in [3.63, 3.8) is 0 Å². The fourth-order valence-corrected chi connectivity index (χ4v) is 2.91. The summed E-state index contributed by atoms with van der Waals surface area (Å²) in [7, 11) is 0. The number of ketones is 1. The topological polar surface area (TPSA) is 37.4 Å². The van der Waals surface area contributed by atoms with Crippen molar-refractivity contribution in [3.05, 3.63) is 63.7 Å². The van der Waals surface area contributed by atoms with Crippen LogP contribution in [-0.2, 0) is 11.3 Å². The van der Waals surface area contributed by atoms with E-state index in [1.165, 1.54) is 0 Å². The van der Waals surface area contributed by atoms with Crippen molar-refractivity contribution in [1.29, 1.82) is 0 Å². The minimum atomic E-state index is -0.0366. The number of benzene rings is 2. The summed E-state index contributed by atoms with van der Waals surface area (Å²) in [5, 5.41) is 0.621. The van der Waals surface area contributed by atoms with Crippen LogP contribution in [-0.4, -0.2) is 11.7 Å².